The van der Waals surface area contributed by atoms with E-state index < -0.39 is 35.4 Å². The zero-order chi connectivity index (χ0) is 30.1. The second kappa shape index (κ2) is 12.0. The van der Waals surface area contributed by atoms with Crippen LogP contribution in [0.25, 0.3) is 11.3 Å². The number of amides is 2. The topological polar surface area (TPSA) is 138 Å². The van der Waals surface area contributed by atoms with Crippen LogP contribution in [0.15, 0.2) is 72.0 Å². The number of nitrogens with zero attached hydrogens (tertiary/aromatic N) is 4. The Balaban J connectivity index is 1.09. The van der Waals surface area contributed by atoms with Gasteiger partial charge in [0, 0.05) is 17.5 Å². The number of imide groups is 1. The van der Waals surface area contributed by atoms with Crippen molar-refractivity contribution in [2.24, 2.45) is 0 Å². The summed E-state index contributed by atoms with van der Waals surface area (Å²) in [6.07, 6.45) is 1.42. The van der Waals surface area contributed by atoms with Crippen LogP contribution in [0, 0.1) is 0 Å². The molecular weight excluding hydrogens is 619 g/mol. The summed E-state index contributed by atoms with van der Waals surface area (Å²) in [5, 5.41) is 8.00. The number of ketones is 1. The number of thioether (sulfide) groups is 1. The number of hydrogen-bond acceptors (Lipinski definition) is 11. The third kappa shape index (κ3) is 6.03. The quantitative estimate of drug-likeness (QED) is 0.146. The van der Waals surface area contributed by atoms with Gasteiger partial charge in [-0.3, -0.25) is 14.4 Å². The first-order valence-electron chi connectivity index (χ1n) is 12.7. The summed E-state index contributed by atoms with van der Waals surface area (Å²) >= 11 is 12.8. The summed E-state index contributed by atoms with van der Waals surface area (Å²) in [7, 11) is 0. The molecule has 0 aliphatic carbocycles. The van der Waals surface area contributed by atoms with Crippen LogP contribution in [0.4, 0.5) is 5.69 Å². The predicted octanol–water partition coefficient (Wildman–Crippen LogP) is 5.04. The summed E-state index contributed by atoms with van der Waals surface area (Å²) in [5.74, 6) is -0.844. The lowest BCUT2D eigenvalue weighted by atomic mass is 10.1. The summed E-state index contributed by atoms with van der Waals surface area (Å²) in [5.41, 5.74) is 1.92. The van der Waals surface area contributed by atoms with E-state index in [0.717, 1.165) is 22.2 Å². The van der Waals surface area contributed by atoms with Gasteiger partial charge in [-0.25, -0.2) is 14.7 Å². The molecule has 216 valence electrons. The minimum atomic E-state index is -0.765. The van der Waals surface area contributed by atoms with Crippen LogP contribution < -0.4 is 14.4 Å². The van der Waals surface area contributed by atoms with E-state index >= 15 is 0 Å². The molecule has 14 heteroatoms. The molecule has 2 aliphatic heterocycles. The van der Waals surface area contributed by atoms with Gasteiger partial charge >= 0.3 is 5.97 Å². The van der Waals surface area contributed by atoms with Crippen LogP contribution in [-0.2, 0) is 14.3 Å². The first kappa shape index (κ1) is 28.6. The number of anilines is 1. The number of Topliss-reactive ketones (excluding diaryl/α,β-unsaturated/α-hetero) is 1. The maximum atomic E-state index is 13.2. The summed E-state index contributed by atoms with van der Waals surface area (Å²) in [6.45, 7) is -0.363. The highest BCUT2D eigenvalue weighted by molar-refractivity contribution is 8.00. The van der Waals surface area contributed by atoms with Crippen LogP contribution in [0.1, 0.15) is 27.1 Å². The summed E-state index contributed by atoms with van der Waals surface area (Å²) in [6, 6.07) is 15.4. The summed E-state index contributed by atoms with van der Waals surface area (Å²) in [4.78, 5) is 56.4. The molecular formula is C29H18Cl2N4O7S. The molecule has 11 nitrogen and oxygen atoms in total. The van der Waals surface area contributed by atoms with Crippen LogP contribution in [0.3, 0.4) is 0 Å². The number of ether oxygens (including phenoxy) is 3. The van der Waals surface area contributed by atoms with Crippen molar-refractivity contribution in [3.8, 4) is 22.8 Å². The van der Waals surface area contributed by atoms with Crippen LogP contribution in [-0.4, -0.2) is 57.4 Å². The van der Waals surface area contributed by atoms with Crippen molar-refractivity contribution >= 4 is 64.2 Å². The van der Waals surface area contributed by atoms with Crippen molar-refractivity contribution in [2.45, 2.75) is 16.8 Å². The van der Waals surface area contributed by atoms with Gasteiger partial charge in [0.1, 0.15) is 5.25 Å². The molecule has 2 amide bonds. The van der Waals surface area contributed by atoms with Crippen LogP contribution in [0.5, 0.6) is 11.5 Å². The molecule has 0 N–H and O–H groups in total. The molecule has 2 aliphatic rings. The van der Waals surface area contributed by atoms with Gasteiger partial charge in [-0.05, 0) is 60.7 Å². The zero-order valence-electron chi connectivity index (χ0n) is 21.9. The van der Waals surface area contributed by atoms with Gasteiger partial charge in [0.2, 0.25) is 23.8 Å². The Hall–Kier alpha value is -4.52. The average molecular weight is 637 g/mol. The minimum absolute atomic E-state index is 0.0677. The molecule has 0 radical (unpaired) electrons. The van der Waals surface area contributed by atoms with E-state index in [0.29, 0.717) is 22.2 Å². The second-order valence-corrected chi connectivity index (χ2v) is 11.2. The molecule has 0 saturated carbocycles. The normalized spacial score (nSPS) is 15.6. The SMILES string of the molecule is O=C(COC(=O)c1ccc(N2C(=O)CC(Sc3nncc(-c4ccc5c(c4)OCO5)n3)C2=O)cc1)c1ccc(Cl)c(Cl)c1. The molecule has 1 saturated heterocycles. The Bertz CT molecular complexity index is 1790. The smallest absolute Gasteiger partial charge is 0.338 e. The molecule has 1 aromatic heterocycles. The van der Waals surface area contributed by atoms with E-state index in [9.17, 15) is 19.2 Å². The molecule has 1 fully saturated rings. The van der Waals surface area contributed by atoms with Gasteiger partial charge in [-0.2, -0.15) is 5.10 Å². The Kier molecular flexibility index (Phi) is 7.98. The van der Waals surface area contributed by atoms with E-state index in [1.165, 1.54) is 48.7 Å². The third-order valence-electron chi connectivity index (χ3n) is 6.50. The fraction of sp³-hybridized carbons (Fsp3) is 0.138. The Morgan fingerprint density at radius 1 is 0.953 bits per heavy atom. The van der Waals surface area contributed by atoms with Crippen molar-refractivity contribution in [3.63, 3.8) is 0 Å². The van der Waals surface area contributed by atoms with Gasteiger partial charge in [0.25, 0.3) is 0 Å². The van der Waals surface area contributed by atoms with Gasteiger partial charge in [0.05, 0.1) is 33.2 Å². The zero-order valence-corrected chi connectivity index (χ0v) is 24.2. The van der Waals surface area contributed by atoms with Crippen LogP contribution >= 0.6 is 35.0 Å². The van der Waals surface area contributed by atoms with Gasteiger partial charge in [0.15, 0.2) is 23.9 Å². The lowest BCUT2D eigenvalue weighted by molar-refractivity contribution is -0.121. The Morgan fingerprint density at radius 2 is 1.72 bits per heavy atom. The molecule has 3 aromatic carbocycles. The maximum absolute atomic E-state index is 13.2. The van der Waals surface area contributed by atoms with Crippen molar-refractivity contribution in [1.29, 1.82) is 0 Å². The van der Waals surface area contributed by atoms with Gasteiger partial charge in [-0.1, -0.05) is 35.0 Å². The Morgan fingerprint density at radius 3 is 2.51 bits per heavy atom. The number of fused-ring (bicyclic) bond motifs is 1. The fourth-order valence-corrected chi connectivity index (χ4v) is 5.57. The number of carbonyl (C=O) groups excluding carboxylic acids is 4. The molecule has 6 rings (SSSR count). The highest BCUT2D eigenvalue weighted by Gasteiger charge is 2.41. The molecule has 4 aromatic rings. The molecule has 43 heavy (non-hydrogen) atoms. The third-order valence-corrected chi connectivity index (χ3v) is 8.27. The molecule has 0 spiro atoms. The maximum Gasteiger partial charge on any atom is 0.338 e. The number of rotatable bonds is 8. The van der Waals surface area contributed by atoms with Crippen molar-refractivity contribution in [2.75, 3.05) is 18.3 Å². The number of esters is 1. The van der Waals surface area contributed by atoms with E-state index in [2.05, 4.69) is 15.2 Å². The van der Waals surface area contributed by atoms with E-state index in [4.69, 9.17) is 37.4 Å². The Labute approximate surface area is 258 Å². The number of aromatic nitrogens is 3. The monoisotopic (exact) mass is 636 g/mol. The summed E-state index contributed by atoms with van der Waals surface area (Å²) < 4.78 is 15.9. The van der Waals surface area contributed by atoms with Crippen molar-refractivity contribution in [3.05, 3.63) is 88.0 Å². The first-order valence-corrected chi connectivity index (χ1v) is 14.3. The highest BCUT2D eigenvalue weighted by Crippen LogP contribution is 2.36. The second-order valence-electron chi connectivity index (χ2n) is 9.25. The standard InChI is InChI=1S/C29H18Cl2N4O7S/c30-19-7-3-17(9-20(19)31)22(36)13-40-28(39)15-1-5-18(6-2-15)35-26(37)11-25(27(35)38)43-29-33-21(12-32-34-29)16-4-8-23-24(10-16)42-14-41-23/h1-10,12,25H,11,13-14H2. The van der Waals surface area contributed by atoms with Crippen molar-refractivity contribution < 1.29 is 33.4 Å². The minimum Gasteiger partial charge on any atom is -0.454 e. The first-order chi connectivity index (χ1) is 20.8. The predicted molar refractivity (Wildman–Crippen MR) is 156 cm³/mol. The molecule has 3 heterocycles. The number of benzene rings is 3. The highest BCUT2D eigenvalue weighted by atomic mass is 35.5. The largest absolute Gasteiger partial charge is 0.454 e. The van der Waals surface area contributed by atoms with E-state index in [1.807, 2.05) is 6.07 Å². The van der Waals surface area contributed by atoms with Crippen LogP contribution in [0.2, 0.25) is 10.0 Å². The number of halogens is 2. The molecule has 1 atom stereocenters. The number of carbonyl (C=O) groups is 4. The average Bonchev–Trinajstić information content (AvgIpc) is 3.60. The fourth-order valence-electron chi connectivity index (χ4n) is 4.34. The lowest BCUT2D eigenvalue weighted by Gasteiger charge is -2.15. The van der Waals surface area contributed by atoms with Gasteiger partial charge in [-0.15, -0.1) is 5.10 Å². The van der Waals surface area contributed by atoms with E-state index in [-0.39, 0.29) is 40.2 Å². The lowest BCUT2D eigenvalue weighted by Crippen LogP contribution is -2.31. The molecule has 1 unspecified atom stereocenters. The van der Waals surface area contributed by atoms with Gasteiger partial charge < -0.3 is 14.2 Å². The van der Waals surface area contributed by atoms with E-state index in [1.54, 1.807) is 12.1 Å². The molecule has 0 bridgehead atoms. The number of hydrogen-bond donors (Lipinski definition) is 0. The van der Waals surface area contributed by atoms with Crippen molar-refractivity contribution in [1.82, 2.24) is 15.2 Å².